The summed E-state index contributed by atoms with van der Waals surface area (Å²) in [5.74, 6) is -2.61. The van der Waals surface area contributed by atoms with Gasteiger partial charge in [-0.3, -0.25) is 19.4 Å². The Morgan fingerprint density at radius 2 is 1.51 bits per heavy atom. The second-order valence-corrected chi connectivity index (χ2v) is 11.6. The minimum atomic E-state index is -1.18. The van der Waals surface area contributed by atoms with E-state index in [2.05, 4.69) is 25.9 Å². The van der Waals surface area contributed by atoms with Gasteiger partial charge in [0.15, 0.2) is 5.96 Å². The van der Waals surface area contributed by atoms with Crippen LogP contribution in [0.5, 0.6) is 0 Å². The highest BCUT2D eigenvalue weighted by Gasteiger charge is 2.31. The average molecular weight is 639 g/mol. The van der Waals surface area contributed by atoms with E-state index in [0.29, 0.717) is 12.2 Å². The number of H-pyrrole nitrogens is 1. The van der Waals surface area contributed by atoms with Crippen molar-refractivity contribution in [1.29, 1.82) is 0 Å². The number of aliphatic imine (C=N–C) groups is 1. The molecule has 0 aliphatic carbocycles. The van der Waals surface area contributed by atoms with Gasteiger partial charge in [0.05, 0.1) is 6.04 Å². The molecule has 0 bridgehead atoms. The fraction of sp³-hybridized carbons (Fsp3) is 0.387. The van der Waals surface area contributed by atoms with E-state index >= 15 is 0 Å². The molecular formula is C31H42N8O5S. The molecule has 0 saturated heterocycles. The van der Waals surface area contributed by atoms with Crippen molar-refractivity contribution >= 4 is 52.3 Å². The van der Waals surface area contributed by atoms with Gasteiger partial charge in [0.2, 0.25) is 17.7 Å². The third-order valence-corrected chi connectivity index (χ3v) is 7.81. The number of aliphatic carboxylic acids is 1. The number of fused-ring (bicyclic) bond motifs is 1. The molecule has 242 valence electrons. The van der Waals surface area contributed by atoms with Crippen LogP contribution < -0.4 is 33.2 Å². The Balaban J connectivity index is 1.84. The van der Waals surface area contributed by atoms with Crippen LogP contribution in [0.4, 0.5) is 0 Å². The number of carbonyl (C=O) groups excluding carboxylic acids is 3. The summed E-state index contributed by atoms with van der Waals surface area (Å²) in [6.07, 6.45) is 4.61. The van der Waals surface area contributed by atoms with Crippen molar-refractivity contribution in [2.45, 2.75) is 56.3 Å². The van der Waals surface area contributed by atoms with E-state index < -0.39 is 47.9 Å². The van der Waals surface area contributed by atoms with E-state index in [1.165, 1.54) is 11.8 Å². The fourth-order valence-electron chi connectivity index (χ4n) is 4.78. The molecule has 2 aromatic carbocycles. The molecule has 1 heterocycles. The molecular weight excluding hydrogens is 596 g/mol. The highest BCUT2D eigenvalue weighted by atomic mass is 32.2. The molecule has 4 atom stereocenters. The number of carbonyl (C=O) groups is 4. The number of guanidine groups is 1. The van der Waals surface area contributed by atoms with Crippen molar-refractivity contribution in [1.82, 2.24) is 20.9 Å². The number of amides is 3. The second-order valence-electron chi connectivity index (χ2n) is 10.6. The summed E-state index contributed by atoms with van der Waals surface area (Å²) in [5.41, 5.74) is 19.6. The van der Waals surface area contributed by atoms with Crippen LogP contribution in [0.3, 0.4) is 0 Å². The van der Waals surface area contributed by atoms with Gasteiger partial charge in [-0.25, -0.2) is 4.79 Å². The number of carboxylic acid groups (broad SMARTS) is 1. The van der Waals surface area contributed by atoms with E-state index in [1.807, 2.05) is 60.9 Å². The first-order chi connectivity index (χ1) is 21.6. The molecule has 0 saturated carbocycles. The first-order valence-corrected chi connectivity index (χ1v) is 16.0. The van der Waals surface area contributed by atoms with E-state index in [4.69, 9.17) is 17.2 Å². The topological polar surface area (TPSA) is 231 Å². The lowest BCUT2D eigenvalue weighted by atomic mass is 10.0. The number of thioether (sulfide) groups is 1. The lowest BCUT2D eigenvalue weighted by Crippen LogP contribution is -2.57. The number of hydrogen-bond donors (Lipinski definition) is 8. The van der Waals surface area contributed by atoms with E-state index in [-0.39, 0.29) is 38.2 Å². The molecule has 0 aliphatic heterocycles. The number of hydrogen-bond acceptors (Lipinski definition) is 7. The Bertz CT molecular complexity index is 1460. The van der Waals surface area contributed by atoms with Crippen LogP contribution in [0.15, 0.2) is 65.8 Å². The Kier molecular flexibility index (Phi) is 13.7. The molecule has 0 radical (unpaired) electrons. The minimum absolute atomic E-state index is 0.105. The van der Waals surface area contributed by atoms with Crippen LogP contribution in [-0.2, 0) is 32.0 Å². The highest BCUT2D eigenvalue weighted by Crippen LogP contribution is 2.19. The Hall–Kier alpha value is -4.56. The van der Waals surface area contributed by atoms with Crippen molar-refractivity contribution in [2.75, 3.05) is 18.6 Å². The molecule has 45 heavy (non-hydrogen) atoms. The number of carboxylic acids is 1. The molecule has 3 rings (SSSR count). The van der Waals surface area contributed by atoms with Crippen LogP contribution in [0.1, 0.15) is 30.4 Å². The molecule has 0 spiro atoms. The zero-order chi connectivity index (χ0) is 32.8. The number of aromatic nitrogens is 1. The number of nitrogens with two attached hydrogens (primary N) is 3. The van der Waals surface area contributed by atoms with Gasteiger partial charge in [0.1, 0.15) is 18.1 Å². The zero-order valence-electron chi connectivity index (χ0n) is 25.2. The maximum atomic E-state index is 13.8. The summed E-state index contributed by atoms with van der Waals surface area (Å²) >= 11 is 1.45. The number of aromatic amines is 1. The predicted octanol–water partition coefficient (Wildman–Crippen LogP) is 0.626. The average Bonchev–Trinajstić information content (AvgIpc) is 3.43. The van der Waals surface area contributed by atoms with Crippen LogP contribution in [0.2, 0.25) is 0 Å². The summed E-state index contributed by atoms with van der Waals surface area (Å²) in [7, 11) is 0. The maximum absolute atomic E-state index is 13.8. The lowest BCUT2D eigenvalue weighted by molar-refractivity contribution is -0.142. The van der Waals surface area contributed by atoms with Gasteiger partial charge in [-0.2, -0.15) is 11.8 Å². The lowest BCUT2D eigenvalue weighted by Gasteiger charge is -2.25. The molecule has 3 amide bonds. The third-order valence-electron chi connectivity index (χ3n) is 7.17. The Morgan fingerprint density at radius 1 is 0.867 bits per heavy atom. The van der Waals surface area contributed by atoms with Crippen LogP contribution >= 0.6 is 11.8 Å². The first kappa shape index (κ1) is 34.9. The normalized spacial score (nSPS) is 13.6. The van der Waals surface area contributed by atoms with Crippen LogP contribution in [0.25, 0.3) is 10.9 Å². The van der Waals surface area contributed by atoms with Crippen molar-refractivity contribution in [3.05, 3.63) is 71.9 Å². The summed E-state index contributed by atoms with van der Waals surface area (Å²) in [6.45, 7) is 0.195. The van der Waals surface area contributed by atoms with Crippen LogP contribution in [0, 0.1) is 0 Å². The largest absolute Gasteiger partial charge is 0.480 e. The van der Waals surface area contributed by atoms with Gasteiger partial charge < -0.3 is 43.2 Å². The SMILES string of the molecule is CSCCC(NC(=O)C(CCCN=C(N)N)NC(=O)C(Cc1c[nH]c2ccccc12)NC(=O)C(N)Cc1ccccc1)C(=O)O. The van der Waals surface area contributed by atoms with E-state index in [9.17, 15) is 24.3 Å². The number of para-hydroxylation sites is 1. The molecule has 0 aliphatic rings. The summed E-state index contributed by atoms with van der Waals surface area (Å²) in [6, 6.07) is 12.5. The van der Waals surface area contributed by atoms with Gasteiger partial charge in [-0.15, -0.1) is 0 Å². The van der Waals surface area contributed by atoms with Crippen molar-refractivity contribution in [3.8, 4) is 0 Å². The molecule has 4 unspecified atom stereocenters. The second kappa shape index (κ2) is 17.7. The van der Waals surface area contributed by atoms with Gasteiger partial charge in [0, 0.05) is 30.1 Å². The van der Waals surface area contributed by atoms with Gasteiger partial charge in [-0.05, 0) is 54.9 Å². The standard InChI is InChI=1S/C31H42N8O5S/c1-45-15-13-25(30(43)44)38-28(41)24(12-7-14-35-31(33)34)37-29(42)26(17-20-18-36-23-11-6-5-10-21(20)23)39-27(40)22(32)16-19-8-3-2-4-9-19/h2-6,8-11,18,22,24-26,36H,7,12-17,32H2,1H3,(H,37,42)(H,38,41)(H,39,40)(H,43,44)(H4,33,34,35). The zero-order valence-corrected chi connectivity index (χ0v) is 26.0. The number of benzene rings is 2. The monoisotopic (exact) mass is 638 g/mol. The predicted molar refractivity (Wildman–Crippen MR) is 176 cm³/mol. The first-order valence-electron chi connectivity index (χ1n) is 14.6. The summed E-state index contributed by atoms with van der Waals surface area (Å²) < 4.78 is 0. The van der Waals surface area contributed by atoms with Crippen LogP contribution in [-0.4, -0.2) is 82.5 Å². The minimum Gasteiger partial charge on any atom is -0.480 e. The molecule has 3 aromatic rings. The number of rotatable bonds is 18. The third kappa shape index (κ3) is 11.1. The Labute approximate surface area is 266 Å². The van der Waals surface area contributed by atoms with E-state index in [1.54, 1.807) is 6.20 Å². The van der Waals surface area contributed by atoms with E-state index in [0.717, 1.165) is 22.0 Å². The van der Waals surface area contributed by atoms with Gasteiger partial charge in [-0.1, -0.05) is 48.5 Å². The van der Waals surface area contributed by atoms with Gasteiger partial charge in [0.25, 0.3) is 0 Å². The van der Waals surface area contributed by atoms with Crippen molar-refractivity contribution < 1.29 is 24.3 Å². The maximum Gasteiger partial charge on any atom is 0.326 e. The highest BCUT2D eigenvalue weighted by molar-refractivity contribution is 7.98. The molecule has 0 fully saturated rings. The Morgan fingerprint density at radius 3 is 2.20 bits per heavy atom. The summed E-state index contributed by atoms with van der Waals surface area (Å²) in [4.78, 5) is 59.3. The van der Waals surface area contributed by atoms with Crippen molar-refractivity contribution in [2.24, 2.45) is 22.2 Å². The smallest absolute Gasteiger partial charge is 0.326 e. The molecule has 14 heteroatoms. The van der Waals surface area contributed by atoms with Crippen molar-refractivity contribution in [3.63, 3.8) is 0 Å². The molecule has 1 aromatic heterocycles. The quantitative estimate of drug-likeness (QED) is 0.0554. The van der Waals surface area contributed by atoms with Gasteiger partial charge >= 0.3 is 5.97 Å². The summed E-state index contributed by atoms with van der Waals surface area (Å²) in [5, 5.41) is 18.6. The number of nitrogens with zero attached hydrogens (tertiary/aromatic N) is 1. The molecule has 11 N–H and O–H groups in total. The molecule has 13 nitrogen and oxygen atoms in total. The fourth-order valence-corrected chi connectivity index (χ4v) is 5.25. The number of nitrogens with one attached hydrogen (secondary N) is 4.